The van der Waals surface area contributed by atoms with Gasteiger partial charge in [0.1, 0.15) is 16.8 Å². The third kappa shape index (κ3) is 6.28. The molecule has 5 nitrogen and oxygen atoms in total. The Morgan fingerprint density at radius 3 is 2.50 bits per heavy atom. The van der Waals surface area contributed by atoms with Crippen molar-refractivity contribution in [2.24, 2.45) is 5.92 Å². The Kier molecular flexibility index (Phi) is 8.34. The molecule has 1 unspecified atom stereocenters. The van der Waals surface area contributed by atoms with Gasteiger partial charge in [-0.25, -0.2) is 4.98 Å². The zero-order valence-corrected chi connectivity index (χ0v) is 17.7. The summed E-state index contributed by atoms with van der Waals surface area (Å²) in [5.74, 6) is 1.14. The van der Waals surface area contributed by atoms with Gasteiger partial charge in [0.2, 0.25) is 5.91 Å². The number of carbonyl (C=O) groups is 1. The van der Waals surface area contributed by atoms with Crippen molar-refractivity contribution in [3.8, 4) is 11.8 Å². The van der Waals surface area contributed by atoms with Crippen LogP contribution in [0.2, 0.25) is 0 Å². The van der Waals surface area contributed by atoms with Gasteiger partial charge in [0.25, 0.3) is 0 Å². The molecule has 1 atom stereocenters. The summed E-state index contributed by atoms with van der Waals surface area (Å²) in [5.41, 5.74) is 2.16. The summed E-state index contributed by atoms with van der Waals surface area (Å²) in [6, 6.07) is 13.2. The first kappa shape index (κ1) is 21.8. The molecule has 0 aliphatic carbocycles. The van der Waals surface area contributed by atoms with E-state index in [0.29, 0.717) is 29.5 Å². The first-order valence-electron chi connectivity index (χ1n) is 9.57. The number of nitrogens with one attached hydrogen (secondary N) is 1. The van der Waals surface area contributed by atoms with Gasteiger partial charge in [-0.05, 0) is 62.1 Å². The van der Waals surface area contributed by atoms with Crippen LogP contribution in [-0.2, 0) is 11.2 Å². The molecule has 0 bridgehead atoms. The molecule has 0 aliphatic rings. The highest BCUT2D eigenvalue weighted by Crippen LogP contribution is 2.28. The second-order valence-electron chi connectivity index (χ2n) is 6.83. The van der Waals surface area contributed by atoms with E-state index in [1.54, 1.807) is 6.07 Å². The minimum absolute atomic E-state index is 0.100. The van der Waals surface area contributed by atoms with Gasteiger partial charge in [-0.1, -0.05) is 32.5 Å². The predicted molar refractivity (Wildman–Crippen MR) is 114 cm³/mol. The number of hydrogen-bond donors (Lipinski definition) is 1. The lowest BCUT2D eigenvalue weighted by Crippen LogP contribution is -2.24. The van der Waals surface area contributed by atoms with E-state index in [0.717, 1.165) is 23.6 Å². The summed E-state index contributed by atoms with van der Waals surface area (Å²) in [6.45, 7) is 8.75. The van der Waals surface area contributed by atoms with Crippen LogP contribution in [0.4, 0.5) is 5.69 Å². The zero-order valence-electron chi connectivity index (χ0n) is 16.9. The summed E-state index contributed by atoms with van der Waals surface area (Å²) in [7, 11) is 0. The molecule has 0 fully saturated rings. The van der Waals surface area contributed by atoms with Crippen LogP contribution in [0.5, 0.6) is 5.75 Å². The van der Waals surface area contributed by atoms with Gasteiger partial charge in [0.15, 0.2) is 0 Å². The smallest absolute Gasteiger partial charge is 0.237 e. The largest absolute Gasteiger partial charge is 0.494 e. The summed E-state index contributed by atoms with van der Waals surface area (Å²) in [4.78, 5) is 17.4. The number of benzene rings is 1. The quantitative estimate of drug-likeness (QED) is 0.599. The van der Waals surface area contributed by atoms with Gasteiger partial charge in [-0.2, -0.15) is 5.26 Å². The normalized spacial score (nSPS) is 11.7. The molecule has 6 heteroatoms. The lowest BCUT2D eigenvalue weighted by molar-refractivity contribution is -0.115. The molecule has 1 N–H and O–H groups in total. The Morgan fingerprint density at radius 1 is 1.21 bits per heavy atom. The van der Waals surface area contributed by atoms with E-state index in [4.69, 9.17) is 4.74 Å². The van der Waals surface area contributed by atoms with Crippen molar-refractivity contribution >= 4 is 23.4 Å². The van der Waals surface area contributed by atoms with Gasteiger partial charge in [0.05, 0.1) is 17.4 Å². The van der Waals surface area contributed by atoms with E-state index in [9.17, 15) is 10.1 Å². The number of hydrogen-bond acceptors (Lipinski definition) is 5. The van der Waals surface area contributed by atoms with Gasteiger partial charge in [0, 0.05) is 11.4 Å². The Morgan fingerprint density at radius 2 is 1.93 bits per heavy atom. The van der Waals surface area contributed by atoms with Gasteiger partial charge < -0.3 is 10.1 Å². The van der Waals surface area contributed by atoms with Crippen LogP contribution >= 0.6 is 11.8 Å². The molecular formula is C22H27N3O2S. The molecule has 148 valence electrons. The molecule has 1 aromatic heterocycles. The molecule has 1 heterocycles. The average Bonchev–Trinajstić information content (AvgIpc) is 2.67. The summed E-state index contributed by atoms with van der Waals surface area (Å²) in [5, 5.41) is 12.6. The summed E-state index contributed by atoms with van der Waals surface area (Å²) < 4.78 is 5.42. The van der Waals surface area contributed by atoms with Crippen molar-refractivity contribution in [3.05, 3.63) is 47.7 Å². The third-order valence-corrected chi connectivity index (χ3v) is 5.37. The number of nitriles is 1. The summed E-state index contributed by atoms with van der Waals surface area (Å²) in [6.07, 6.45) is 1.48. The van der Waals surface area contributed by atoms with Crippen molar-refractivity contribution in [2.75, 3.05) is 11.9 Å². The van der Waals surface area contributed by atoms with Gasteiger partial charge in [-0.3, -0.25) is 4.79 Å². The van der Waals surface area contributed by atoms with Crippen molar-refractivity contribution in [1.82, 2.24) is 4.98 Å². The van der Waals surface area contributed by atoms with Crippen LogP contribution in [0.3, 0.4) is 0 Å². The molecule has 0 saturated heterocycles. The maximum absolute atomic E-state index is 12.7. The Hall–Kier alpha value is -2.52. The summed E-state index contributed by atoms with van der Waals surface area (Å²) >= 11 is 1.35. The van der Waals surface area contributed by atoms with E-state index in [2.05, 4.69) is 30.2 Å². The fourth-order valence-corrected chi connectivity index (χ4v) is 3.68. The Balaban J connectivity index is 2.12. The second-order valence-corrected chi connectivity index (χ2v) is 8.02. The molecule has 0 radical (unpaired) electrons. The van der Waals surface area contributed by atoms with Crippen molar-refractivity contribution in [2.45, 2.75) is 50.8 Å². The minimum Gasteiger partial charge on any atom is -0.494 e. The monoisotopic (exact) mass is 397 g/mol. The topological polar surface area (TPSA) is 75.0 Å². The zero-order chi connectivity index (χ0) is 20.5. The number of anilines is 1. The molecule has 0 saturated carbocycles. The van der Waals surface area contributed by atoms with E-state index >= 15 is 0 Å². The van der Waals surface area contributed by atoms with E-state index < -0.39 is 0 Å². The highest BCUT2D eigenvalue weighted by atomic mass is 32.2. The van der Waals surface area contributed by atoms with Crippen molar-refractivity contribution < 1.29 is 9.53 Å². The molecule has 2 rings (SSSR count). The maximum atomic E-state index is 12.7. The first-order chi connectivity index (χ1) is 13.5. The predicted octanol–water partition coefficient (Wildman–Crippen LogP) is 5.06. The molecule has 0 spiro atoms. The van der Waals surface area contributed by atoms with Crippen LogP contribution in [0.1, 0.15) is 45.4 Å². The molecule has 0 aliphatic heterocycles. The lowest BCUT2D eigenvalue weighted by atomic mass is 10.1. The number of aromatic nitrogens is 1. The number of ether oxygens (including phenoxy) is 1. The molecule has 2 aromatic rings. The van der Waals surface area contributed by atoms with Gasteiger partial charge in [-0.15, -0.1) is 0 Å². The third-order valence-electron chi connectivity index (χ3n) is 4.01. The maximum Gasteiger partial charge on any atom is 0.237 e. The van der Waals surface area contributed by atoms with Crippen LogP contribution < -0.4 is 10.1 Å². The van der Waals surface area contributed by atoms with E-state index in [1.807, 2.05) is 44.2 Å². The van der Waals surface area contributed by atoms with Crippen LogP contribution in [0.25, 0.3) is 0 Å². The average molecular weight is 398 g/mol. The number of carbonyl (C=O) groups excluding carboxylic acids is 1. The van der Waals surface area contributed by atoms with Crippen LogP contribution in [0, 0.1) is 17.2 Å². The number of rotatable bonds is 9. The van der Waals surface area contributed by atoms with Crippen LogP contribution in [-0.4, -0.2) is 22.7 Å². The minimum atomic E-state index is -0.333. The number of thioether (sulfide) groups is 1. The fraction of sp³-hybridized carbons (Fsp3) is 0.409. The van der Waals surface area contributed by atoms with Crippen LogP contribution in [0.15, 0.2) is 41.4 Å². The standard InChI is InChI=1S/C22H27N3O2S/c1-5-20(21(26)24-17-9-11-19(12-10-17)27-6-2)28-22-16(14-23)7-8-18(25-22)13-15(3)4/h7-12,15,20H,5-6,13H2,1-4H3,(H,24,26). The highest BCUT2D eigenvalue weighted by Gasteiger charge is 2.21. The van der Waals surface area contributed by atoms with Crippen molar-refractivity contribution in [3.63, 3.8) is 0 Å². The second kappa shape index (κ2) is 10.7. The Bertz CT molecular complexity index is 829. The first-order valence-corrected chi connectivity index (χ1v) is 10.4. The molecule has 1 amide bonds. The number of pyridine rings is 1. The molecule has 1 aromatic carbocycles. The van der Waals surface area contributed by atoms with E-state index in [1.165, 1.54) is 11.8 Å². The number of amides is 1. The highest BCUT2D eigenvalue weighted by molar-refractivity contribution is 8.00. The lowest BCUT2D eigenvalue weighted by Gasteiger charge is -2.16. The Labute approximate surface area is 171 Å². The number of nitrogens with zero attached hydrogens (tertiary/aromatic N) is 2. The molecular weight excluding hydrogens is 370 g/mol. The van der Waals surface area contributed by atoms with Crippen molar-refractivity contribution in [1.29, 1.82) is 5.26 Å². The SMILES string of the molecule is CCOc1ccc(NC(=O)C(CC)Sc2nc(CC(C)C)ccc2C#N)cc1. The van der Waals surface area contributed by atoms with Gasteiger partial charge >= 0.3 is 0 Å². The fourth-order valence-electron chi connectivity index (χ4n) is 2.67. The van der Waals surface area contributed by atoms with E-state index in [-0.39, 0.29) is 11.2 Å². The molecule has 28 heavy (non-hydrogen) atoms.